The molecule has 2 atom stereocenters. The molecule has 3 heteroatoms. The molecule has 1 fully saturated rings. The van der Waals surface area contributed by atoms with Crippen molar-refractivity contribution in [1.82, 2.24) is 10.3 Å². The molecule has 2 nitrogen and oxygen atoms in total. The Labute approximate surface area is 125 Å². The Hall–Kier alpha value is -1.38. The lowest BCUT2D eigenvalue weighted by molar-refractivity contribution is 0.422. The molecule has 1 heterocycles. The molecule has 104 valence electrons. The number of aromatic nitrogens is 1. The zero-order valence-electron chi connectivity index (χ0n) is 11.6. The number of nitrogens with zero attached hydrogens (tertiary/aromatic N) is 1. The van der Waals surface area contributed by atoms with Gasteiger partial charge in [-0.2, -0.15) is 0 Å². The number of halogens is 1. The zero-order valence-corrected chi connectivity index (χ0v) is 12.3. The van der Waals surface area contributed by atoms with Gasteiger partial charge in [0.25, 0.3) is 0 Å². The molecule has 1 aromatic heterocycles. The van der Waals surface area contributed by atoms with Crippen molar-refractivity contribution in [3.8, 4) is 0 Å². The average Bonchev–Trinajstić information content (AvgIpc) is 3.31. The van der Waals surface area contributed by atoms with Gasteiger partial charge in [-0.05, 0) is 55.5 Å². The van der Waals surface area contributed by atoms with Gasteiger partial charge in [0, 0.05) is 23.3 Å². The van der Waals surface area contributed by atoms with Gasteiger partial charge in [-0.15, -0.1) is 0 Å². The summed E-state index contributed by atoms with van der Waals surface area (Å²) in [5, 5.41) is 4.52. The molecule has 1 aliphatic carbocycles. The predicted molar refractivity (Wildman–Crippen MR) is 82.7 cm³/mol. The molecule has 1 aliphatic rings. The molecule has 0 aliphatic heterocycles. The predicted octanol–water partition coefficient (Wildman–Crippen LogP) is 4.54. The van der Waals surface area contributed by atoms with Gasteiger partial charge in [0.2, 0.25) is 0 Å². The summed E-state index contributed by atoms with van der Waals surface area (Å²) in [5.41, 5.74) is 2.41. The van der Waals surface area contributed by atoms with E-state index in [1.165, 1.54) is 18.4 Å². The first kappa shape index (κ1) is 13.6. The Bertz CT molecular complexity index is 549. The number of hydrogen-bond acceptors (Lipinski definition) is 2. The molecule has 3 rings (SSSR count). The highest BCUT2D eigenvalue weighted by Gasteiger charge is 2.33. The molecule has 0 saturated heterocycles. The fraction of sp³-hybridized carbons (Fsp3) is 0.353. The molecule has 0 radical (unpaired) electrons. The zero-order chi connectivity index (χ0) is 13.9. The summed E-state index contributed by atoms with van der Waals surface area (Å²) in [6, 6.07) is 14.9. The van der Waals surface area contributed by atoms with Crippen molar-refractivity contribution in [2.45, 2.75) is 31.8 Å². The smallest absolute Gasteiger partial charge is 0.0570 e. The van der Waals surface area contributed by atoms with Crippen LogP contribution in [0.5, 0.6) is 0 Å². The topological polar surface area (TPSA) is 24.9 Å². The van der Waals surface area contributed by atoms with E-state index in [1.54, 1.807) is 0 Å². The number of rotatable bonds is 5. The van der Waals surface area contributed by atoms with E-state index < -0.39 is 0 Å². The molecule has 2 aromatic rings. The van der Waals surface area contributed by atoms with Crippen molar-refractivity contribution in [3.63, 3.8) is 0 Å². The first-order valence-electron chi connectivity index (χ1n) is 7.16. The fourth-order valence-electron chi connectivity index (χ4n) is 2.59. The van der Waals surface area contributed by atoms with Crippen LogP contribution in [0.1, 0.15) is 43.1 Å². The maximum atomic E-state index is 5.98. The van der Waals surface area contributed by atoms with Crippen molar-refractivity contribution >= 4 is 11.6 Å². The molecule has 1 aromatic carbocycles. The second-order valence-electron chi connectivity index (χ2n) is 5.51. The van der Waals surface area contributed by atoms with E-state index in [0.29, 0.717) is 6.04 Å². The van der Waals surface area contributed by atoms with Crippen LogP contribution in [0.25, 0.3) is 0 Å². The highest BCUT2D eigenvalue weighted by molar-refractivity contribution is 6.30. The van der Waals surface area contributed by atoms with Gasteiger partial charge in [0.05, 0.1) is 5.69 Å². The minimum Gasteiger partial charge on any atom is -0.302 e. The highest BCUT2D eigenvalue weighted by atomic mass is 35.5. The van der Waals surface area contributed by atoms with Gasteiger partial charge in [-0.1, -0.05) is 29.8 Å². The highest BCUT2D eigenvalue weighted by Crippen LogP contribution is 2.42. The van der Waals surface area contributed by atoms with Crippen LogP contribution in [0.3, 0.4) is 0 Å². The van der Waals surface area contributed by atoms with Crippen molar-refractivity contribution in [2.75, 3.05) is 0 Å². The van der Waals surface area contributed by atoms with Crippen LogP contribution >= 0.6 is 11.6 Å². The molecule has 0 bridgehead atoms. The Balaban J connectivity index is 1.76. The maximum absolute atomic E-state index is 5.98. The lowest BCUT2D eigenvalue weighted by atomic mass is 10.0. The van der Waals surface area contributed by atoms with Crippen molar-refractivity contribution in [1.29, 1.82) is 0 Å². The van der Waals surface area contributed by atoms with E-state index in [0.717, 1.165) is 16.6 Å². The van der Waals surface area contributed by atoms with Crippen molar-refractivity contribution < 1.29 is 0 Å². The number of pyridine rings is 1. The van der Waals surface area contributed by atoms with Gasteiger partial charge in [0.15, 0.2) is 0 Å². The average molecular weight is 287 g/mol. The molecule has 0 spiro atoms. The lowest BCUT2D eigenvalue weighted by Gasteiger charge is -2.23. The van der Waals surface area contributed by atoms with E-state index in [1.807, 2.05) is 30.5 Å². The van der Waals surface area contributed by atoms with Crippen LogP contribution in [0, 0.1) is 5.92 Å². The molecule has 2 unspecified atom stereocenters. The first-order chi connectivity index (χ1) is 9.74. The van der Waals surface area contributed by atoms with Crippen LogP contribution < -0.4 is 5.32 Å². The van der Waals surface area contributed by atoms with E-state index in [2.05, 4.69) is 35.4 Å². The van der Waals surface area contributed by atoms with Crippen LogP contribution in [0.4, 0.5) is 0 Å². The van der Waals surface area contributed by atoms with E-state index >= 15 is 0 Å². The van der Waals surface area contributed by atoms with Gasteiger partial charge < -0.3 is 5.32 Å². The molecular formula is C17H19ClN2. The second kappa shape index (κ2) is 5.94. The third-order valence-electron chi connectivity index (χ3n) is 3.88. The monoisotopic (exact) mass is 286 g/mol. The van der Waals surface area contributed by atoms with Crippen LogP contribution in [0.2, 0.25) is 5.02 Å². The van der Waals surface area contributed by atoms with Gasteiger partial charge in [-0.3, -0.25) is 4.98 Å². The quantitative estimate of drug-likeness (QED) is 0.873. The summed E-state index contributed by atoms with van der Waals surface area (Å²) < 4.78 is 0. The summed E-state index contributed by atoms with van der Waals surface area (Å²) in [5.74, 6) is 0.738. The van der Waals surface area contributed by atoms with E-state index in [4.69, 9.17) is 11.6 Å². The summed E-state index contributed by atoms with van der Waals surface area (Å²) in [7, 11) is 0. The van der Waals surface area contributed by atoms with Crippen LogP contribution in [0.15, 0.2) is 48.7 Å². The largest absolute Gasteiger partial charge is 0.302 e. The van der Waals surface area contributed by atoms with Crippen molar-refractivity contribution in [2.24, 2.45) is 5.92 Å². The molecule has 0 amide bonds. The molecule has 20 heavy (non-hydrogen) atoms. The van der Waals surface area contributed by atoms with E-state index in [-0.39, 0.29) is 6.04 Å². The molecule has 1 N–H and O–H groups in total. The summed E-state index contributed by atoms with van der Waals surface area (Å²) >= 11 is 5.98. The standard InChI is InChI=1S/C17H19ClN2/c1-12(16-4-2-3-11-19-16)20-17(13-5-6-13)14-7-9-15(18)10-8-14/h2-4,7-13,17,20H,5-6H2,1H3. The van der Waals surface area contributed by atoms with Gasteiger partial charge in [-0.25, -0.2) is 0 Å². The van der Waals surface area contributed by atoms with Gasteiger partial charge >= 0.3 is 0 Å². The number of nitrogens with one attached hydrogen (secondary N) is 1. The number of hydrogen-bond donors (Lipinski definition) is 1. The third-order valence-corrected chi connectivity index (χ3v) is 4.14. The van der Waals surface area contributed by atoms with E-state index in [9.17, 15) is 0 Å². The third kappa shape index (κ3) is 3.20. The minimum absolute atomic E-state index is 0.248. The second-order valence-corrected chi connectivity index (χ2v) is 5.95. The minimum atomic E-state index is 0.248. The SMILES string of the molecule is CC(NC(c1ccc(Cl)cc1)C1CC1)c1ccccn1. The fourth-order valence-corrected chi connectivity index (χ4v) is 2.72. The Kier molecular flexibility index (Phi) is 4.04. The Morgan fingerprint density at radius 1 is 1.15 bits per heavy atom. The molecule has 1 saturated carbocycles. The summed E-state index contributed by atoms with van der Waals surface area (Å²) in [6.07, 6.45) is 4.45. The summed E-state index contributed by atoms with van der Waals surface area (Å²) in [4.78, 5) is 4.44. The Morgan fingerprint density at radius 2 is 1.90 bits per heavy atom. The summed E-state index contributed by atoms with van der Waals surface area (Å²) in [6.45, 7) is 2.17. The van der Waals surface area contributed by atoms with Crippen LogP contribution in [-0.2, 0) is 0 Å². The molecular weight excluding hydrogens is 268 g/mol. The van der Waals surface area contributed by atoms with Crippen molar-refractivity contribution in [3.05, 3.63) is 64.9 Å². The first-order valence-corrected chi connectivity index (χ1v) is 7.54. The van der Waals surface area contributed by atoms with Crippen LogP contribution in [-0.4, -0.2) is 4.98 Å². The number of benzene rings is 1. The Morgan fingerprint density at radius 3 is 2.50 bits per heavy atom. The van der Waals surface area contributed by atoms with Gasteiger partial charge in [0.1, 0.15) is 0 Å². The maximum Gasteiger partial charge on any atom is 0.0570 e. The lowest BCUT2D eigenvalue weighted by Crippen LogP contribution is -2.26. The normalized spacial score (nSPS) is 17.7.